The SMILES string of the molecule is COc1c(Cl)cc(-c2nc(C(F)(F)F)nn2-c2ccc(S(N)(=O)=O)nc2)cc1Cl. The Labute approximate surface area is 172 Å². The van der Waals surface area contributed by atoms with Gasteiger partial charge in [0.25, 0.3) is 15.8 Å². The third-order valence-corrected chi connectivity index (χ3v) is 4.96. The van der Waals surface area contributed by atoms with Crippen LogP contribution in [0.5, 0.6) is 5.75 Å². The number of primary sulfonamides is 1. The van der Waals surface area contributed by atoms with Crippen molar-refractivity contribution in [1.82, 2.24) is 19.7 Å². The molecule has 1 aromatic carbocycles. The van der Waals surface area contributed by atoms with Crippen molar-refractivity contribution < 1.29 is 26.3 Å². The van der Waals surface area contributed by atoms with E-state index < -0.39 is 27.0 Å². The highest BCUT2D eigenvalue weighted by molar-refractivity contribution is 7.89. The van der Waals surface area contributed by atoms with Gasteiger partial charge in [0, 0.05) is 5.56 Å². The van der Waals surface area contributed by atoms with Gasteiger partial charge in [-0.2, -0.15) is 13.2 Å². The molecule has 154 valence electrons. The molecule has 0 radical (unpaired) electrons. The number of pyridine rings is 1. The fourth-order valence-electron chi connectivity index (χ4n) is 2.35. The minimum absolute atomic E-state index is 0.00142. The van der Waals surface area contributed by atoms with E-state index in [1.807, 2.05) is 0 Å². The first-order valence-electron chi connectivity index (χ1n) is 7.48. The highest BCUT2D eigenvalue weighted by Crippen LogP contribution is 2.38. The second kappa shape index (κ2) is 7.44. The fourth-order valence-corrected chi connectivity index (χ4v) is 3.45. The van der Waals surface area contributed by atoms with E-state index in [0.717, 1.165) is 16.9 Å². The van der Waals surface area contributed by atoms with Gasteiger partial charge in [-0.25, -0.2) is 28.2 Å². The Kier molecular flexibility index (Phi) is 5.47. The number of halogens is 5. The average molecular weight is 468 g/mol. The minimum atomic E-state index is -4.84. The minimum Gasteiger partial charge on any atom is -0.494 e. The van der Waals surface area contributed by atoms with Crippen LogP contribution in [0.3, 0.4) is 0 Å². The topological polar surface area (TPSA) is 113 Å². The number of benzene rings is 1. The molecule has 2 aromatic heterocycles. The van der Waals surface area contributed by atoms with Gasteiger partial charge in [0.1, 0.15) is 0 Å². The van der Waals surface area contributed by atoms with Crippen molar-refractivity contribution in [3.8, 4) is 22.8 Å². The third-order valence-electron chi connectivity index (χ3n) is 3.58. The van der Waals surface area contributed by atoms with Crippen molar-refractivity contribution in [2.24, 2.45) is 5.14 Å². The van der Waals surface area contributed by atoms with E-state index in [9.17, 15) is 21.6 Å². The van der Waals surface area contributed by atoms with E-state index in [1.54, 1.807) is 0 Å². The smallest absolute Gasteiger partial charge is 0.453 e. The standard InChI is InChI=1S/C15H10Cl2F3N5O3S/c1-28-12-9(16)4-7(5-10(12)17)13-23-14(15(18,19)20)24-25(13)8-2-3-11(22-6-8)29(21,26)27/h2-6H,1H3,(H2,21,26,27). The molecule has 0 aliphatic carbocycles. The summed E-state index contributed by atoms with van der Waals surface area (Å²) < 4.78 is 68.1. The first-order valence-corrected chi connectivity index (χ1v) is 9.79. The van der Waals surface area contributed by atoms with Crippen molar-refractivity contribution in [2.75, 3.05) is 7.11 Å². The first-order chi connectivity index (χ1) is 13.4. The molecule has 0 bridgehead atoms. The van der Waals surface area contributed by atoms with Gasteiger partial charge in [0.2, 0.25) is 0 Å². The Hall–Kier alpha value is -2.41. The van der Waals surface area contributed by atoms with Gasteiger partial charge in [-0.1, -0.05) is 23.2 Å². The van der Waals surface area contributed by atoms with E-state index in [0.29, 0.717) is 0 Å². The molecule has 2 heterocycles. The number of hydrogen-bond donors (Lipinski definition) is 1. The van der Waals surface area contributed by atoms with Crippen LogP contribution in [0.25, 0.3) is 17.1 Å². The Balaban J connectivity index is 2.22. The molecule has 3 rings (SSSR count). The average Bonchev–Trinajstić information content (AvgIpc) is 3.06. The normalized spacial score (nSPS) is 12.2. The Morgan fingerprint density at radius 2 is 1.79 bits per heavy atom. The lowest BCUT2D eigenvalue weighted by molar-refractivity contribution is -0.144. The number of nitrogens with zero attached hydrogens (tertiary/aromatic N) is 4. The van der Waals surface area contributed by atoms with Crippen LogP contribution >= 0.6 is 23.2 Å². The van der Waals surface area contributed by atoms with Gasteiger partial charge >= 0.3 is 6.18 Å². The van der Waals surface area contributed by atoms with Crippen molar-refractivity contribution in [2.45, 2.75) is 11.2 Å². The van der Waals surface area contributed by atoms with Crippen LogP contribution in [0.2, 0.25) is 10.0 Å². The fraction of sp³-hybridized carbons (Fsp3) is 0.133. The number of methoxy groups -OCH3 is 1. The molecule has 14 heteroatoms. The molecule has 0 fully saturated rings. The Morgan fingerprint density at radius 3 is 2.24 bits per heavy atom. The zero-order valence-corrected chi connectivity index (χ0v) is 16.6. The summed E-state index contributed by atoms with van der Waals surface area (Å²) in [5, 5.41) is 8.06. The maximum atomic E-state index is 13.2. The van der Waals surface area contributed by atoms with Crippen LogP contribution < -0.4 is 9.88 Å². The number of rotatable bonds is 4. The number of ether oxygens (including phenoxy) is 1. The lowest BCUT2D eigenvalue weighted by atomic mass is 10.2. The molecular formula is C15H10Cl2F3N5O3S. The predicted octanol–water partition coefficient (Wildman–Crippen LogP) is 3.31. The molecule has 29 heavy (non-hydrogen) atoms. The summed E-state index contributed by atoms with van der Waals surface area (Å²) in [6.45, 7) is 0. The number of hydrogen-bond acceptors (Lipinski definition) is 6. The summed E-state index contributed by atoms with van der Waals surface area (Å²) in [7, 11) is -2.76. The van der Waals surface area contributed by atoms with Crippen molar-refractivity contribution >= 4 is 33.2 Å². The Bertz CT molecular complexity index is 1160. The second-order valence-corrected chi connectivity index (χ2v) is 7.86. The molecule has 3 aromatic rings. The molecule has 2 N–H and O–H groups in total. The molecule has 0 spiro atoms. The molecule has 0 aliphatic rings. The highest BCUT2D eigenvalue weighted by atomic mass is 35.5. The number of sulfonamides is 1. The van der Waals surface area contributed by atoms with Crippen LogP contribution in [-0.4, -0.2) is 35.3 Å². The first kappa shape index (κ1) is 21.3. The van der Waals surface area contributed by atoms with Gasteiger partial charge < -0.3 is 4.74 Å². The number of nitrogens with two attached hydrogens (primary N) is 1. The van der Waals surface area contributed by atoms with Crippen molar-refractivity contribution in [1.29, 1.82) is 0 Å². The summed E-state index contributed by atoms with van der Waals surface area (Å²) in [4.78, 5) is 7.18. The van der Waals surface area contributed by atoms with Crippen molar-refractivity contribution in [3.05, 3.63) is 46.3 Å². The van der Waals surface area contributed by atoms with Crippen LogP contribution in [0, 0.1) is 0 Å². The zero-order chi connectivity index (χ0) is 21.6. The molecule has 8 nitrogen and oxygen atoms in total. The monoisotopic (exact) mass is 467 g/mol. The number of aromatic nitrogens is 4. The van der Waals surface area contributed by atoms with E-state index in [-0.39, 0.29) is 32.9 Å². The summed E-state index contributed by atoms with van der Waals surface area (Å²) in [5.74, 6) is -1.54. The van der Waals surface area contributed by atoms with E-state index in [2.05, 4.69) is 15.1 Å². The van der Waals surface area contributed by atoms with Crippen LogP contribution in [0.15, 0.2) is 35.5 Å². The Morgan fingerprint density at radius 1 is 1.17 bits per heavy atom. The largest absolute Gasteiger partial charge is 0.494 e. The molecule has 0 unspecified atom stereocenters. The molecular weight excluding hydrogens is 458 g/mol. The quantitative estimate of drug-likeness (QED) is 0.629. The maximum Gasteiger partial charge on any atom is 0.453 e. The lowest BCUT2D eigenvalue weighted by Crippen LogP contribution is -2.14. The van der Waals surface area contributed by atoms with E-state index in [1.165, 1.54) is 25.3 Å². The van der Waals surface area contributed by atoms with Crippen LogP contribution in [-0.2, 0) is 16.2 Å². The summed E-state index contributed by atoms with van der Waals surface area (Å²) in [5.41, 5.74) is 0.109. The van der Waals surface area contributed by atoms with Crippen LogP contribution in [0.4, 0.5) is 13.2 Å². The van der Waals surface area contributed by atoms with E-state index >= 15 is 0 Å². The summed E-state index contributed by atoms with van der Waals surface area (Å²) in [6, 6.07) is 4.81. The summed E-state index contributed by atoms with van der Waals surface area (Å²) in [6.07, 6.45) is -3.85. The highest BCUT2D eigenvalue weighted by Gasteiger charge is 2.37. The van der Waals surface area contributed by atoms with Crippen LogP contribution in [0.1, 0.15) is 5.82 Å². The van der Waals surface area contributed by atoms with Gasteiger partial charge in [-0.3, -0.25) is 0 Å². The third kappa shape index (κ3) is 4.29. The van der Waals surface area contributed by atoms with Gasteiger partial charge in [0.05, 0.1) is 29.0 Å². The van der Waals surface area contributed by atoms with Crippen molar-refractivity contribution in [3.63, 3.8) is 0 Å². The molecule has 0 saturated carbocycles. The molecule has 0 aliphatic heterocycles. The number of alkyl halides is 3. The lowest BCUT2D eigenvalue weighted by Gasteiger charge is -2.10. The summed E-state index contributed by atoms with van der Waals surface area (Å²) >= 11 is 12.1. The second-order valence-electron chi connectivity index (χ2n) is 5.54. The van der Waals surface area contributed by atoms with Gasteiger partial charge in [-0.05, 0) is 24.3 Å². The molecule has 0 atom stereocenters. The van der Waals surface area contributed by atoms with Gasteiger partial charge in [0.15, 0.2) is 16.6 Å². The molecule has 0 amide bonds. The zero-order valence-electron chi connectivity index (χ0n) is 14.3. The maximum absolute atomic E-state index is 13.2. The predicted molar refractivity (Wildman–Crippen MR) is 97.5 cm³/mol. The molecule has 0 saturated heterocycles. The van der Waals surface area contributed by atoms with E-state index in [4.69, 9.17) is 33.1 Å². The van der Waals surface area contributed by atoms with Gasteiger partial charge in [-0.15, -0.1) is 5.10 Å².